The molecule has 0 unspecified atom stereocenters. The highest BCUT2D eigenvalue weighted by molar-refractivity contribution is 7.14. The molecule has 0 radical (unpaired) electrons. The summed E-state index contributed by atoms with van der Waals surface area (Å²) in [7, 11) is 0. The fraction of sp³-hybridized carbons (Fsp3) is 0.375. The molecule has 0 fully saturated rings. The molecule has 66 valence electrons. The van der Waals surface area contributed by atoms with Crippen LogP contribution in [0.25, 0.3) is 0 Å². The second-order valence-corrected chi connectivity index (χ2v) is 3.37. The van der Waals surface area contributed by atoms with Crippen LogP contribution in [0.4, 0.5) is 5.00 Å². The molecule has 1 aromatic heterocycles. The van der Waals surface area contributed by atoms with Crippen molar-refractivity contribution in [3.05, 3.63) is 17.0 Å². The Labute approximate surface area is 75.6 Å². The highest BCUT2D eigenvalue weighted by Gasteiger charge is 2.07. The van der Waals surface area contributed by atoms with Crippen molar-refractivity contribution in [1.29, 1.82) is 0 Å². The van der Waals surface area contributed by atoms with Gasteiger partial charge in [-0.2, -0.15) is 0 Å². The molecule has 0 saturated carbocycles. The average Bonchev–Trinajstić information content (AvgIpc) is 2.48. The summed E-state index contributed by atoms with van der Waals surface area (Å²) in [6.45, 7) is 2.95. The number of nitrogens with two attached hydrogens (primary N) is 1. The highest BCUT2D eigenvalue weighted by Crippen LogP contribution is 2.22. The van der Waals surface area contributed by atoms with Gasteiger partial charge >= 0.3 is 0 Å². The summed E-state index contributed by atoms with van der Waals surface area (Å²) >= 11 is 1.51. The number of anilines is 1. The maximum atomic E-state index is 10.8. The number of primary amides is 1. The monoisotopic (exact) mass is 184 g/mol. The van der Waals surface area contributed by atoms with Gasteiger partial charge in [0, 0.05) is 6.54 Å². The molecule has 12 heavy (non-hydrogen) atoms. The zero-order valence-corrected chi connectivity index (χ0v) is 7.78. The second-order valence-electron chi connectivity index (χ2n) is 2.45. The predicted molar refractivity (Wildman–Crippen MR) is 51.6 cm³/mol. The Hall–Kier alpha value is -1.03. The fourth-order valence-corrected chi connectivity index (χ4v) is 1.70. The summed E-state index contributed by atoms with van der Waals surface area (Å²) in [6.07, 6.45) is 1.04. The van der Waals surface area contributed by atoms with Crippen LogP contribution in [0.3, 0.4) is 0 Å². The summed E-state index contributed by atoms with van der Waals surface area (Å²) in [5, 5.41) is 5.88. The maximum Gasteiger partial charge on any atom is 0.251 e. The molecule has 0 saturated heterocycles. The lowest BCUT2D eigenvalue weighted by Gasteiger charge is -2.02. The molecule has 1 heterocycles. The topological polar surface area (TPSA) is 55.1 Å². The van der Waals surface area contributed by atoms with Crippen LogP contribution >= 0.6 is 11.3 Å². The number of amides is 1. The Morgan fingerprint density at radius 2 is 2.50 bits per heavy atom. The van der Waals surface area contributed by atoms with Crippen LogP contribution in [-0.4, -0.2) is 12.5 Å². The zero-order valence-electron chi connectivity index (χ0n) is 6.96. The van der Waals surface area contributed by atoms with Gasteiger partial charge in [-0.25, -0.2) is 0 Å². The van der Waals surface area contributed by atoms with Gasteiger partial charge in [-0.15, -0.1) is 11.3 Å². The number of carbonyl (C=O) groups is 1. The Balaban J connectivity index is 2.70. The first-order chi connectivity index (χ1) is 5.75. The number of rotatable bonds is 4. The van der Waals surface area contributed by atoms with Gasteiger partial charge in [0.25, 0.3) is 5.91 Å². The minimum atomic E-state index is -0.366. The molecule has 0 atom stereocenters. The molecule has 0 bridgehead atoms. The van der Waals surface area contributed by atoms with Gasteiger partial charge in [-0.05, 0) is 17.9 Å². The van der Waals surface area contributed by atoms with Gasteiger partial charge in [-0.1, -0.05) is 6.92 Å². The first-order valence-corrected chi connectivity index (χ1v) is 4.74. The molecule has 0 aliphatic heterocycles. The van der Waals surface area contributed by atoms with Gasteiger partial charge in [0.05, 0.1) is 5.56 Å². The van der Waals surface area contributed by atoms with Crippen molar-refractivity contribution < 1.29 is 4.79 Å². The van der Waals surface area contributed by atoms with Crippen LogP contribution in [-0.2, 0) is 0 Å². The van der Waals surface area contributed by atoms with Crippen LogP contribution in [0.5, 0.6) is 0 Å². The Morgan fingerprint density at radius 1 is 1.75 bits per heavy atom. The lowest BCUT2D eigenvalue weighted by molar-refractivity contribution is 0.100. The molecule has 3 N–H and O–H groups in total. The van der Waals surface area contributed by atoms with Crippen LogP contribution in [0.2, 0.25) is 0 Å². The van der Waals surface area contributed by atoms with Gasteiger partial charge < -0.3 is 11.1 Å². The van der Waals surface area contributed by atoms with Crippen LogP contribution < -0.4 is 11.1 Å². The standard InChI is InChI=1S/C8H12N2OS/c1-2-4-10-8-6(7(9)11)3-5-12-8/h3,5,10H,2,4H2,1H3,(H2,9,11). The summed E-state index contributed by atoms with van der Waals surface area (Å²) < 4.78 is 0. The number of nitrogens with one attached hydrogen (secondary N) is 1. The molecule has 0 aromatic carbocycles. The third kappa shape index (κ3) is 1.98. The molecular weight excluding hydrogens is 172 g/mol. The molecule has 1 amide bonds. The molecule has 0 aliphatic rings. The van der Waals surface area contributed by atoms with E-state index in [9.17, 15) is 4.79 Å². The third-order valence-electron chi connectivity index (χ3n) is 1.47. The van der Waals surface area contributed by atoms with Crippen molar-refractivity contribution in [2.75, 3.05) is 11.9 Å². The van der Waals surface area contributed by atoms with Crippen molar-refractivity contribution in [3.8, 4) is 0 Å². The Morgan fingerprint density at radius 3 is 3.08 bits per heavy atom. The summed E-state index contributed by atoms with van der Waals surface area (Å²) in [5.74, 6) is -0.366. The van der Waals surface area contributed by atoms with E-state index >= 15 is 0 Å². The largest absolute Gasteiger partial charge is 0.376 e. The first-order valence-electron chi connectivity index (χ1n) is 3.87. The van der Waals surface area contributed by atoms with E-state index in [0.717, 1.165) is 18.0 Å². The minimum Gasteiger partial charge on any atom is -0.376 e. The lowest BCUT2D eigenvalue weighted by atomic mass is 10.3. The molecule has 0 aliphatic carbocycles. The first kappa shape index (κ1) is 9.06. The summed E-state index contributed by atoms with van der Waals surface area (Å²) in [5.41, 5.74) is 5.75. The van der Waals surface area contributed by atoms with Gasteiger partial charge in [0.15, 0.2) is 0 Å². The van der Waals surface area contributed by atoms with E-state index in [0.29, 0.717) is 5.56 Å². The normalized spacial score (nSPS) is 9.75. The summed E-state index contributed by atoms with van der Waals surface area (Å²) in [4.78, 5) is 10.8. The van der Waals surface area contributed by atoms with Crippen LogP contribution in [0.1, 0.15) is 23.7 Å². The van der Waals surface area contributed by atoms with Crippen molar-refractivity contribution in [1.82, 2.24) is 0 Å². The Bertz CT molecular complexity index is 270. The van der Waals surface area contributed by atoms with Crippen molar-refractivity contribution in [3.63, 3.8) is 0 Å². The van der Waals surface area contributed by atoms with E-state index in [2.05, 4.69) is 12.2 Å². The highest BCUT2D eigenvalue weighted by atomic mass is 32.1. The smallest absolute Gasteiger partial charge is 0.251 e. The van der Waals surface area contributed by atoms with E-state index in [1.54, 1.807) is 6.07 Å². The Kier molecular flexibility index (Phi) is 3.10. The van der Waals surface area contributed by atoms with Crippen molar-refractivity contribution >= 4 is 22.2 Å². The molecule has 3 nitrogen and oxygen atoms in total. The van der Waals surface area contributed by atoms with E-state index in [1.165, 1.54) is 11.3 Å². The van der Waals surface area contributed by atoms with E-state index < -0.39 is 0 Å². The number of carbonyl (C=O) groups excluding carboxylic acids is 1. The third-order valence-corrected chi connectivity index (χ3v) is 2.34. The predicted octanol–water partition coefficient (Wildman–Crippen LogP) is 1.67. The van der Waals surface area contributed by atoms with Gasteiger partial charge in [-0.3, -0.25) is 4.79 Å². The SMILES string of the molecule is CCCNc1sccc1C(N)=O. The van der Waals surface area contributed by atoms with Crippen molar-refractivity contribution in [2.45, 2.75) is 13.3 Å². The van der Waals surface area contributed by atoms with Gasteiger partial charge in [0.1, 0.15) is 5.00 Å². The molecule has 1 aromatic rings. The maximum absolute atomic E-state index is 10.8. The van der Waals surface area contributed by atoms with Crippen LogP contribution in [0, 0.1) is 0 Å². The summed E-state index contributed by atoms with van der Waals surface area (Å²) in [6, 6.07) is 1.74. The zero-order chi connectivity index (χ0) is 8.97. The molecular formula is C8H12N2OS. The van der Waals surface area contributed by atoms with E-state index in [1.807, 2.05) is 5.38 Å². The van der Waals surface area contributed by atoms with E-state index in [4.69, 9.17) is 5.73 Å². The number of hydrogen-bond acceptors (Lipinski definition) is 3. The lowest BCUT2D eigenvalue weighted by Crippen LogP contribution is -2.12. The van der Waals surface area contributed by atoms with Crippen molar-refractivity contribution in [2.24, 2.45) is 5.73 Å². The second kappa shape index (κ2) is 4.11. The molecule has 0 spiro atoms. The van der Waals surface area contributed by atoms with E-state index in [-0.39, 0.29) is 5.91 Å². The number of thiophene rings is 1. The number of hydrogen-bond donors (Lipinski definition) is 2. The molecule has 1 rings (SSSR count). The fourth-order valence-electron chi connectivity index (χ4n) is 0.879. The van der Waals surface area contributed by atoms with Crippen LogP contribution in [0.15, 0.2) is 11.4 Å². The van der Waals surface area contributed by atoms with Gasteiger partial charge in [0.2, 0.25) is 0 Å². The minimum absolute atomic E-state index is 0.366. The molecule has 4 heteroatoms. The average molecular weight is 184 g/mol. The quantitative estimate of drug-likeness (QED) is 0.747.